The van der Waals surface area contributed by atoms with E-state index in [-0.39, 0.29) is 5.69 Å². The summed E-state index contributed by atoms with van der Waals surface area (Å²) in [6.07, 6.45) is 1.46. The lowest BCUT2D eigenvalue weighted by Crippen LogP contribution is -2.05. The first-order chi connectivity index (χ1) is 13.2. The Morgan fingerprint density at radius 2 is 1.78 bits per heavy atom. The molecule has 4 rings (SSSR count). The van der Waals surface area contributed by atoms with Gasteiger partial charge in [0, 0.05) is 18.7 Å². The standard InChI is InChI=1S/C18H15N7O2/c26-25(27)15-8-6-13(7-9-15)10-19-17-16-18(21-12-20-17)24(23-22-16)11-14-4-2-1-3-5-14/h1-9,12H,10-11H2,(H,19,20,21). The Labute approximate surface area is 153 Å². The van der Waals surface area contributed by atoms with Crippen molar-refractivity contribution in [2.45, 2.75) is 13.1 Å². The van der Waals surface area contributed by atoms with Crippen LogP contribution in [0, 0.1) is 10.1 Å². The van der Waals surface area contributed by atoms with Gasteiger partial charge >= 0.3 is 0 Å². The smallest absolute Gasteiger partial charge is 0.269 e. The summed E-state index contributed by atoms with van der Waals surface area (Å²) < 4.78 is 1.73. The van der Waals surface area contributed by atoms with Crippen molar-refractivity contribution in [1.82, 2.24) is 25.0 Å². The molecule has 4 aromatic rings. The third-order valence-corrected chi connectivity index (χ3v) is 4.08. The summed E-state index contributed by atoms with van der Waals surface area (Å²) in [5.74, 6) is 0.567. The number of benzene rings is 2. The van der Waals surface area contributed by atoms with Crippen molar-refractivity contribution in [3.8, 4) is 0 Å². The highest BCUT2D eigenvalue weighted by Crippen LogP contribution is 2.18. The van der Waals surface area contributed by atoms with Gasteiger partial charge in [0.2, 0.25) is 0 Å². The summed E-state index contributed by atoms with van der Waals surface area (Å²) in [4.78, 5) is 18.8. The van der Waals surface area contributed by atoms with Crippen LogP contribution in [0.15, 0.2) is 60.9 Å². The molecular formula is C18H15N7O2. The molecule has 0 aliphatic heterocycles. The number of hydrogen-bond acceptors (Lipinski definition) is 7. The Morgan fingerprint density at radius 1 is 1.00 bits per heavy atom. The van der Waals surface area contributed by atoms with Gasteiger partial charge in [0.25, 0.3) is 5.69 Å². The quantitative estimate of drug-likeness (QED) is 0.415. The molecule has 0 unspecified atom stereocenters. The highest BCUT2D eigenvalue weighted by molar-refractivity contribution is 5.81. The predicted molar refractivity (Wildman–Crippen MR) is 99.1 cm³/mol. The first kappa shape index (κ1) is 16.6. The Balaban J connectivity index is 1.53. The van der Waals surface area contributed by atoms with E-state index in [4.69, 9.17) is 0 Å². The molecule has 0 radical (unpaired) electrons. The van der Waals surface area contributed by atoms with E-state index in [1.165, 1.54) is 18.5 Å². The van der Waals surface area contributed by atoms with Crippen LogP contribution in [0.25, 0.3) is 11.2 Å². The van der Waals surface area contributed by atoms with Crippen LogP contribution in [0.1, 0.15) is 11.1 Å². The van der Waals surface area contributed by atoms with Gasteiger partial charge in [-0.1, -0.05) is 47.7 Å². The second kappa shape index (κ2) is 7.16. The molecule has 0 spiro atoms. The number of hydrogen-bond donors (Lipinski definition) is 1. The molecule has 0 fully saturated rings. The molecule has 0 bridgehead atoms. The molecule has 2 heterocycles. The van der Waals surface area contributed by atoms with Gasteiger partial charge in [-0.15, -0.1) is 5.10 Å². The Morgan fingerprint density at radius 3 is 2.52 bits per heavy atom. The fourth-order valence-electron chi connectivity index (χ4n) is 2.71. The molecule has 2 aromatic carbocycles. The van der Waals surface area contributed by atoms with E-state index in [1.54, 1.807) is 16.8 Å². The van der Waals surface area contributed by atoms with Crippen molar-refractivity contribution in [1.29, 1.82) is 0 Å². The number of aromatic nitrogens is 5. The fraction of sp³-hybridized carbons (Fsp3) is 0.111. The second-order valence-corrected chi connectivity index (χ2v) is 5.90. The summed E-state index contributed by atoms with van der Waals surface area (Å²) in [5, 5.41) is 22.3. The Hall–Kier alpha value is -3.88. The molecule has 0 atom stereocenters. The molecule has 27 heavy (non-hydrogen) atoms. The Bertz CT molecular complexity index is 1080. The molecule has 0 saturated carbocycles. The average Bonchev–Trinajstić information content (AvgIpc) is 3.11. The number of nitrogens with one attached hydrogen (secondary N) is 1. The van der Waals surface area contributed by atoms with E-state index in [0.29, 0.717) is 30.1 Å². The van der Waals surface area contributed by atoms with Crippen LogP contribution in [-0.2, 0) is 13.1 Å². The lowest BCUT2D eigenvalue weighted by Gasteiger charge is -2.06. The minimum Gasteiger partial charge on any atom is -0.364 e. The predicted octanol–water partition coefficient (Wildman–Crippen LogP) is 2.79. The van der Waals surface area contributed by atoms with Gasteiger partial charge < -0.3 is 5.32 Å². The lowest BCUT2D eigenvalue weighted by molar-refractivity contribution is -0.384. The summed E-state index contributed by atoms with van der Waals surface area (Å²) in [6.45, 7) is 1.02. The maximum absolute atomic E-state index is 10.7. The zero-order chi connectivity index (χ0) is 18.6. The molecule has 9 heteroatoms. The first-order valence-corrected chi connectivity index (χ1v) is 8.26. The SMILES string of the molecule is O=[N+]([O-])c1ccc(CNc2ncnc3c2nnn3Cc2ccccc2)cc1. The summed E-state index contributed by atoms with van der Waals surface area (Å²) in [5.41, 5.74) is 3.27. The van der Waals surface area contributed by atoms with E-state index in [9.17, 15) is 10.1 Å². The third kappa shape index (κ3) is 3.56. The van der Waals surface area contributed by atoms with Crippen molar-refractivity contribution in [3.05, 3.63) is 82.2 Å². The van der Waals surface area contributed by atoms with Gasteiger partial charge in [0.05, 0.1) is 11.5 Å². The number of non-ortho nitro benzene ring substituents is 1. The van der Waals surface area contributed by atoms with Gasteiger partial charge in [-0.05, 0) is 11.1 Å². The van der Waals surface area contributed by atoms with Gasteiger partial charge in [0.15, 0.2) is 17.0 Å². The van der Waals surface area contributed by atoms with Crippen LogP contribution < -0.4 is 5.32 Å². The molecule has 0 aliphatic rings. The highest BCUT2D eigenvalue weighted by atomic mass is 16.6. The normalized spacial score (nSPS) is 10.8. The highest BCUT2D eigenvalue weighted by Gasteiger charge is 2.12. The van der Waals surface area contributed by atoms with Crippen LogP contribution in [0.2, 0.25) is 0 Å². The number of nitro benzene ring substituents is 1. The van der Waals surface area contributed by atoms with Crippen LogP contribution >= 0.6 is 0 Å². The fourth-order valence-corrected chi connectivity index (χ4v) is 2.71. The van der Waals surface area contributed by atoms with Gasteiger partial charge in [-0.3, -0.25) is 10.1 Å². The van der Waals surface area contributed by atoms with Crippen LogP contribution in [-0.4, -0.2) is 29.9 Å². The molecule has 0 saturated heterocycles. The molecule has 1 N–H and O–H groups in total. The number of rotatable bonds is 6. The first-order valence-electron chi connectivity index (χ1n) is 8.26. The van der Waals surface area contributed by atoms with Crippen molar-refractivity contribution < 1.29 is 4.92 Å². The minimum absolute atomic E-state index is 0.0621. The molecule has 134 valence electrons. The molecule has 2 aromatic heterocycles. The van der Waals surface area contributed by atoms with E-state index in [2.05, 4.69) is 25.6 Å². The maximum atomic E-state index is 10.7. The van der Waals surface area contributed by atoms with Crippen molar-refractivity contribution in [2.75, 3.05) is 5.32 Å². The number of fused-ring (bicyclic) bond motifs is 1. The molecule has 0 aliphatic carbocycles. The second-order valence-electron chi connectivity index (χ2n) is 5.90. The van der Waals surface area contributed by atoms with Crippen LogP contribution in [0.5, 0.6) is 0 Å². The summed E-state index contributed by atoms with van der Waals surface area (Å²) in [6, 6.07) is 16.3. The monoisotopic (exact) mass is 361 g/mol. The van der Waals surface area contributed by atoms with Gasteiger partial charge in [-0.2, -0.15) is 0 Å². The molecule has 9 nitrogen and oxygen atoms in total. The van der Waals surface area contributed by atoms with Crippen molar-refractivity contribution in [2.24, 2.45) is 0 Å². The van der Waals surface area contributed by atoms with E-state index in [1.807, 2.05) is 30.3 Å². The van der Waals surface area contributed by atoms with E-state index < -0.39 is 4.92 Å². The molecule has 0 amide bonds. The topological polar surface area (TPSA) is 112 Å². The summed E-state index contributed by atoms with van der Waals surface area (Å²) >= 11 is 0. The number of nitrogens with zero attached hydrogens (tertiary/aromatic N) is 6. The van der Waals surface area contributed by atoms with Crippen LogP contribution in [0.3, 0.4) is 0 Å². The zero-order valence-electron chi connectivity index (χ0n) is 14.2. The maximum Gasteiger partial charge on any atom is 0.269 e. The van der Waals surface area contributed by atoms with E-state index >= 15 is 0 Å². The molecular weight excluding hydrogens is 346 g/mol. The number of anilines is 1. The van der Waals surface area contributed by atoms with Gasteiger partial charge in [-0.25, -0.2) is 14.6 Å². The summed E-state index contributed by atoms with van der Waals surface area (Å²) in [7, 11) is 0. The van der Waals surface area contributed by atoms with E-state index in [0.717, 1.165) is 11.1 Å². The van der Waals surface area contributed by atoms with Gasteiger partial charge in [0.1, 0.15) is 6.33 Å². The lowest BCUT2D eigenvalue weighted by atomic mass is 10.2. The van der Waals surface area contributed by atoms with Crippen LogP contribution in [0.4, 0.5) is 11.5 Å². The largest absolute Gasteiger partial charge is 0.364 e. The minimum atomic E-state index is -0.420. The zero-order valence-corrected chi connectivity index (χ0v) is 14.2. The average molecular weight is 361 g/mol. The van der Waals surface area contributed by atoms with Crippen molar-refractivity contribution in [3.63, 3.8) is 0 Å². The van der Waals surface area contributed by atoms with Crippen molar-refractivity contribution >= 4 is 22.7 Å². The Kier molecular flexibility index (Phi) is 4.40. The number of nitro groups is 1. The third-order valence-electron chi connectivity index (χ3n) is 4.08.